The largest absolute Gasteiger partial charge is 0.338 e. The van der Waals surface area contributed by atoms with Crippen LogP contribution in [-0.2, 0) is 5.41 Å². The average Bonchev–Trinajstić information content (AvgIpc) is 2.88. The summed E-state index contributed by atoms with van der Waals surface area (Å²) in [5, 5.41) is 14.2. The van der Waals surface area contributed by atoms with Crippen molar-refractivity contribution in [1.29, 1.82) is 0 Å². The van der Waals surface area contributed by atoms with Crippen LogP contribution in [0.25, 0.3) is 11.4 Å². The first-order valence-corrected chi connectivity index (χ1v) is 5.95. The number of nitrogens with zero attached hydrogens (tertiary/aromatic N) is 3. The Balaban J connectivity index is 2.58. The molecule has 1 aromatic heterocycles. The van der Waals surface area contributed by atoms with Crippen molar-refractivity contribution in [3.63, 3.8) is 0 Å². The topological polar surface area (TPSA) is 108 Å². The minimum atomic E-state index is -1.35. The quantitative estimate of drug-likeness (QED) is 0.684. The molecule has 2 N–H and O–H groups in total. The predicted molar refractivity (Wildman–Crippen MR) is 68.4 cm³/mol. The van der Waals surface area contributed by atoms with Crippen molar-refractivity contribution in [2.24, 2.45) is 5.73 Å². The highest BCUT2D eigenvalue weighted by Gasteiger charge is 2.30. The summed E-state index contributed by atoms with van der Waals surface area (Å²) in [6, 6.07) is 1.51. The predicted octanol–water partition coefficient (Wildman–Crippen LogP) is 2.16. The molecule has 0 fully saturated rings. The van der Waals surface area contributed by atoms with Crippen molar-refractivity contribution in [3.05, 3.63) is 39.8 Å². The van der Waals surface area contributed by atoms with Crippen LogP contribution in [0.15, 0.2) is 16.7 Å². The van der Waals surface area contributed by atoms with Gasteiger partial charge in [0.15, 0.2) is 0 Å². The number of halogens is 2. The summed E-state index contributed by atoms with van der Waals surface area (Å²) in [5.74, 6) is -2.68. The van der Waals surface area contributed by atoms with Crippen LogP contribution in [0.1, 0.15) is 19.7 Å². The second-order valence-corrected chi connectivity index (χ2v) is 5.02. The lowest BCUT2D eigenvalue weighted by molar-refractivity contribution is -0.387. The van der Waals surface area contributed by atoms with Gasteiger partial charge in [0.1, 0.15) is 11.4 Å². The first-order chi connectivity index (χ1) is 9.77. The van der Waals surface area contributed by atoms with Crippen molar-refractivity contribution >= 4 is 5.69 Å². The fourth-order valence-electron chi connectivity index (χ4n) is 1.57. The van der Waals surface area contributed by atoms with Crippen LogP contribution in [0, 0.1) is 21.7 Å². The van der Waals surface area contributed by atoms with Crippen molar-refractivity contribution in [1.82, 2.24) is 10.1 Å². The Hall–Kier alpha value is -2.42. The Morgan fingerprint density at radius 1 is 1.43 bits per heavy atom. The summed E-state index contributed by atoms with van der Waals surface area (Å²) in [6.45, 7) is 3.60. The molecule has 0 bridgehead atoms. The number of hydrogen-bond acceptors (Lipinski definition) is 6. The van der Waals surface area contributed by atoms with Gasteiger partial charge in [0.2, 0.25) is 17.5 Å². The molecule has 0 radical (unpaired) electrons. The smallest absolute Gasteiger partial charge is 0.305 e. The molecule has 9 heteroatoms. The maximum absolute atomic E-state index is 14.0. The zero-order valence-electron chi connectivity index (χ0n) is 11.3. The van der Waals surface area contributed by atoms with Gasteiger partial charge >= 0.3 is 5.69 Å². The van der Waals surface area contributed by atoms with E-state index in [2.05, 4.69) is 10.1 Å². The molecule has 2 aromatic rings. The van der Waals surface area contributed by atoms with Crippen molar-refractivity contribution in [2.45, 2.75) is 19.3 Å². The molecule has 0 saturated heterocycles. The molecule has 1 aromatic carbocycles. The molecule has 0 amide bonds. The minimum absolute atomic E-state index is 0.0882. The van der Waals surface area contributed by atoms with E-state index in [-0.39, 0.29) is 12.4 Å². The van der Waals surface area contributed by atoms with Gasteiger partial charge < -0.3 is 10.3 Å². The summed E-state index contributed by atoms with van der Waals surface area (Å²) in [6.07, 6.45) is 0. The van der Waals surface area contributed by atoms with E-state index < -0.39 is 39.0 Å². The third-order valence-corrected chi connectivity index (χ3v) is 3.01. The number of aromatic nitrogens is 2. The van der Waals surface area contributed by atoms with Gasteiger partial charge in [-0.2, -0.15) is 9.37 Å². The van der Waals surface area contributed by atoms with Crippen LogP contribution in [0.3, 0.4) is 0 Å². The first kappa shape index (κ1) is 15.0. The molecule has 7 nitrogen and oxygen atoms in total. The van der Waals surface area contributed by atoms with Gasteiger partial charge in [-0.1, -0.05) is 5.16 Å². The van der Waals surface area contributed by atoms with E-state index in [1.54, 1.807) is 13.8 Å². The molecule has 112 valence electrons. The van der Waals surface area contributed by atoms with E-state index in [9.17, 15) is 18.9 Å². The summed E-state index contributed by atoms with van der Waals surface area (Å²) in [4.78, 5) is 13.6. The lowest BCUT2D eigenvalue weighted by atomic mass is 9.94. The number of nitro groups is 1. The number of hydrogen-bond donors (Lipinski definition) is 1. The van der Waals surface area contributed by atoms with E-state index in [0.29, 0.717) is 0 Å². The lowest BCUT2D eigenvalue weighted by Crippen LogP contribution is -2.28. The summed E-state index contributed by atoms with van der Waals surface area (Å²) in [7, 11) is 0. The van der Waals surface area contributed by atoms with Crippen LogP contribution >= 0.6 is 0 Å². The molecular weight excluding hydrogens is 286 g/mol. The van der Waals surface area contributed by atoms with Crippen LogP contribution in [-0.4, -0.2) is 21.6 Å². The Morgan fingerprint density at radius 3 is 2.67 bits per heavy atom. The van der Waals surface area contributed by atoms with E-state index in [4.69, 9.17) is 10.3 Å². The van der Waals surface area contributed by atoms with Crippen molar-refractivity contribution < 1.29 is 18.2 Å². The zero-order chi connectivity index (χ0) is 15.8. The SMILES string of the molecule is CC(C)(CN)c1nc(-c2c(F)ccc([N+](=O)[O-])c2F)no1. The standard InChI is InChI=1S/C12H12F2N4O3/c1-12(2,5-15)11-16-10(17-21-11)8-6(13)3-4-7(9(8)14)18(19)20/h3-4H,5,15H2,1-2H3. The van der Waals surface area contributed by atoms with Gasteiger partial charge in [-0.05, 0) is 19.9 Å². The molecule has 0 spiro atoms. The maximum Gasteiger partial charge on any atom is 0.305 e. The normalized spacial score (nSPS) is 11.7. The highest BCUT2D eigenvalue weighted by Crippen LogP contribution is 2.31. The molecule has 0 unspecified atom stereocenters. The van der Waals surface area contributed by atoms with E-state index in [0.717, 1.165) is 12.1 Å². The van der Waals surface area contributed by atoms with Gasteiger partial charge in [-0.25, -0.2) is 4.39 Å². The lowest BCUT2D eigenvalue weighted by Gasteiger charge is -2.15. The number of nitrogens with two attached hydrogens (primary N) is 1. The van der Waals surface area contributed by atoms with Gasteiger partial charge in [0, 0.05) is 12.6 Å². The second-order valence-electron chi connectivity index (χ2n) is 5.02. The molecule has 0 aliphatic carbocycles. The highest BCUT2D eigenvalue weighted by atomic mass is 19.1. The third kappa shape index (κ3) is 2.59. The minimum Gasteiger partial charge on any atom is -0.338 e. The van der Waals surface area contributed by atoms with Crippen LogP contribution in [0.4, 0.5) is 14.5 Å². The molecule has 0 aliphatic rings. The molecule has 0 saturated carbocycles. The third-order valence-electron chi connectivity index (χ3n) is 3.01. The molecule has 21 heavy (non-hydrogen) atoms. The van der Waals surface area contributed by atoms with Crippen LogP contribution in [0.2, 0.25) is 0 Å². The molecular formula is C12H12F2N4O3. The zero-order valence-corrected chi connectivity index (χ0v) is 11.3. The van der Waals surface area contributed by atoms with E-state index >= 15 is 0 Å². The van der Waals surface area contributed by atoms with Gasteiger partial charge in [0.05, 0.1) is 10.3 Å². The second kappa shape index (κ2) is 5.17. The number of rotatable bonds is 4. The Kier molecular flexibility index (Phi) is 3.69. The average molecular weight is 298 g/mol. The summed E-state index contributed by atoms with van der Waals surface area (Å²) < 4.78 is 32.7. The molecule has 0 atom stereocenters. The highest BCUT2D eigenvalue weighted by molar-refractivity contribution is 5.61. The van der Waals surface area contributed by atoms with Gasteiger partial charge in [0.25, 0.3) is 0 Å². The van der Waals surface area contributed by atoms with Crippen LogP contribution in [0.5, 0.6) is 0 Å². The Bertz CT molecular complexity index is 700. The van der Waals surface area contributed by atoms with Gasteiger partial charge in [-0.15, -0.1) is 0 Å². The fourth-order valence-corrected chi connectivity index (χ4v) is 1.57. The molecule has 1 heterocycles. The number of benzene rings is 1. The van der Waals surface area contributed by atoms with Gasteiger partial charge in [-0.3, -0.25) is 10.1 Å². The molecule has 0 aliphatic heterocycles. The van der Waals surface area contributed by atoms with Crippen molar-refractivity contribution in [2.75, 3.05) is 6.54 Å². The Labute approximate surface area is 117 Å². The molecule has 2 rings (SSSR count). The summed E-state index contributed by atoms with van der Waals surface area (Å²) >= 11 is 0. The van der Waals surface area contributed by atoms with E-state index in [1.165, 1.54) is 0 Å². The Morgan fingerprint density at radius 2 is 2.10 bits per heavy atom. The maximum atomic E-state index is 14.0. The van der Waals surface area contributed by atoms with Crippen molar-refractivity contribution in [3.8, 4) is 11.4 Å². The number of nitro benzene ring substituents is 1. The van der Waals surface area contributed by atoms with Crippen LogP contribution < -0.4 is 5.73 Å². The van der Waals surface area contributed by atoms with E-state index in [1.807, 2.05) is 0 Å². The summed E-state index contributed by atoms with van der Waals surface area (Å²) in [5.41, 5.74) is 3.30. The first-order valence-electron chi connectivity index (χ1n) is 5.95. The monoisotopic (exact) mass is 298 g/mol. The fraction of sp³-hybridized carbons (Fsp3) is 0.333.